The first kappa shape index (κ1) is 14.6. The van der Waals surface area contributed by atoms with Crippen molar-refractivity contribution < 1.29 is 0 Å². The van der Waals surface area contributed by atoms with Gasteiger partial charge in [-0.05, 0) is 46.1 Å². The minimum Gasteiger partial charge on any atom is -0.402 e. The fourth-order valence-electron chi connectivity index (χ4n) is 1.08. The molecule has 0 aliphatic carbocycles. The lowest BCUT2D eigenvalue weighted by Crippen LogP contribution is -2.13. The molecule has 0 aromatic rings. The van der Waals surface area contributed by atoms with Crippen molar-refractivity contribution in [3.05, 3.63) is 47.5 Å². The Morgan fingerprint density at radius 2 is 1.75 bits per heavy atom. The Kier molecular flexibility index (Phi) is 6.31. The maximum atomic E-state index is 5.86. The van der Waals surface area contributed by atoms with Crippen LogP contribution in [0, 0.1) is 0 Å². The van der Waals surface area contributed by atoms with Crippen molar-refractivity contribution in [1.29, 1.82) is 0 Å². The molecule has 0 amide bonds. The Morgan fingerprint density at radius 3 is 2.19 bits per heavy atom. The van der Waals surface area contributed by atoms with Gasteiger partial charge in [-0.3, -0.25) is 0 Å². The number of nitrogens with one attached hydrogen (secondary N) is 1. The molecule has 0 radical (unpaired) electrons. The number of nitrogens with two attached hydrogens (primary N) is 1. The molecule has 0 saturated carbocycles. The van der Waals surface area contributed by atoms with Crippen LogP contribution < -0.4 is 11.1 Å². The molecule has 0 aromatic heterocycles. The van der Waals surface area contributed by atoms with E-state index in [9.17, 15) is 0 Å². The van der Waals surface area contributed by atoms with Crippen LogP contribution in [-0.4, -0.2) is 0 Å². The van der Waals surface area contributed by atoms with Crippen LogP contribution in [0.3, 0.4) is 0 Å². The molecule has 2 heteroatoms. The summed E-state index contributed by atoms with van der Waals surface area (Å²) in [4.78, 5) is 0. The summed E-state index contributed by atoms with van der Waals surface area (Å²) in [5.74, 6) is 0. The molecule has 0 aliphatic heterocycles. The van der Waals surface area contributed by atoms with Gasteiger partial charge >= 0.3 is 0 Å². The van der Waals surface area contributed by atoms with Crippen LogP contribution in [0.1, 0.15) is 40.5 Å². The average molecular weight is 220 g/mol. The minimum atomic E-state index is 0.840. The van der Waals surface area contributed by atoms with Gasteiger partial charge in [0.05, 0.1) is 0 Å². The molecule has 0 unspecified atom stereocenters. The van der Waals surface area contributed by atoms with Crippen LogP contribution in [0.5, 0.6) is 0 Å². The van der Waals surface area contributed by atoms with Crippen molar-refractivity contribution in [1.82, 2.24) is 5.32 Å². The van der Waals surface area contributed by atoms with E-state index in [2.05, 4.69) is 18.5 Å². The second kappa shape index (κ2) is 6.94. The van der Waals surface area contributed by atoms with Gasteiger partial charge in [0.1, 0.15) is 0 Å². The van der Waals surface area contributed by atoms with Gasteiger partial charge in [-0.2, -0.15) is 0 Å². The molecule has 3 N–H and O–H groups in total. The summed E-state index contributed by atoms with van der Waals surface area (Å²) < 4.78 is 0. The van der Waals surface area contributed by atoms with E-state index in [1.807, 2.05) is 33.8 Å². The van der Waals surface area contributed by atoms with Crippen molar-refractivity contribution in [2.45, 2.75) is 40.5 Å². The van der Waals surface area contributed by atoms with Gasteiger partial charge in [-0.15, -0.1) is 0 Å². The molecule has 90 valence electrons. The van der Waals surface area contributed by atoms with Crippen LogP contribution in [0.2, 0.25) is 0 Å². The van der Waals surface area contributed by atoms with E-state index in [0.717, 1.165) is 35.5 Å². The summed E-state index contributed by atoms with van der Waals surface area (Å²) in [7, 11) is 0. The van der Waals surface area contributed by atoms with Gasteiger partial charge in [0, 0.05) is 17.1 Å². The van der Waals surface area contributed by atoms with Crippen molar-refractivity contribution in [3.63, 3.8) is 0 Å². The number of hydrogen-bond donors (Lipinski definition) is 2. The second-order valence-electron chi connectivity index (χ2n) is 4.20. The van der Waals surface area contributed by atoms with E-state index in [-0.39, 0.29) is 0 Å². The maximum absolute atomic E-state index is 5.86. The van der Waals surface area contributed by atoms with E-state index in [1.165, 1.54) is 5.57 Å². The fourth-order valence-corrected chi connectivity index (χ4v) is 1.08. The van der Waals surface area contributed by atoms with Gasteiger partial charge in [0.15, 0.2) is 0 Å². The minimum absolute atomic E-state index is 0.840. The van der Waals surface area contributed by atoms with Crippen LogP contribution in [0.4, 0.5) is 0 Å². The average Bonchev–Trinajstić information content (AvgIpc) is 2.24. The number of rotatable bonds is 6. The molecule has 16 heavy (non-hydrogen) atoms. The van der Waals surface area contributed by atoms with Crippen molar-refractivity contribution in [2.75, 3.05) is 0 Å². The highest BCUT2D eigenvalue weighted by Crippen LogP contribution is 2.11. The Morgan fingerprint density at radius 1 is 1.19 bits per heavy atom. The first-order valence-electron chi connectivity index (χ1n) is 5.57. The molecule has 0 saturated heterocycles. The van der Waals surface area contributed by atoms with Gasteiger partial charge in [-0.25, -0.2) is 0 Å². The summed E-state index contributed by atoms with van der Waals surface area (Å²) in [6.45, 7) is 16.0. The topological polar surface area (TPSA) is 38.0 Å². The normalized spacial score (nSPS) is 10.9. The third-order valence-corrected chi connectivity index (χ3v) is 2.58. The van der Waals surface area contributed by atoms with Crippen molar-refractivity contribution in [2.24, 2.45) is 5.73 Å². The molecule has 2 nitrogen and oxygen atoms in total. The van der Waals surface area contributed by atoms with E-state index >= 15 is 0 Å². The molecular weight excluding hydrogens is 196 g/mol. The molecule has 0 atom stereocenters. The fraction of sp³-hybridized carbons (Fsp3) is 0.429. The zero-order chi connectivity index (χ0) is 12.7. The smallest absolute Gasteiger partial charge is 0.0335 e. The molecule has 0 spiro atoms. The molecule has 0 bridgehead atoms. The van der Waals surface area contributed by atoms with E-state index < -0.39 is 0 Å². The van der Waals surface area contributed by atoms with Crippen LogP contribution in [0.25, 0.3) is 0 Å². The lowest BCUT2D eigenvalue weighted by Gasteiger charge is -2.13. The van der Waals surface area contributed by atoms with Crippen LogP contribution in [0.15, 0.2) is 47.5 Å². The predicted molar refractivity (Wildman–Crippen MR) is 72.6 cm³/mol. The Hall–Kier alpha value is -1.44. The van der Waals surface area contributed by atoms with Gasteiger partial charge in [-0.1, -0.05) is 24.8 Å². The largest absolute Gasteiger partial charge is 0.402 e. The highest BCUT2D eigenvalue weighted by atomic mass is 14.9. The lowest BCUT2D eigenvalue weighted by molar-refractivity contribution is 0.822. The molecule has 0 fully saturated rings. The van der Waals surface area contributed by atoms with Crippen molar-refractivity contribution >= 4 is 0 Å². The van der Waals surface area contributed by atoms with Gasteiger partial charge in [0.2, 0.25) is 0 Å². The third-order valence-electron chi connectivity index (χ3n) is 2.58. The highest BCUT2D eigenvalue weighted by Gasteiger charge is 2.00. The summed E-state index contributed by atoms with van der Waals surface area (Å²) in [6, 6.07) is 0. The Balaban J connectivity index is 4.12. The van der Waals surface area contributed by atoms with Gasteiger partial charge < -0.3 is 11.1 Å². The van der Waals surface area contributed by atoms with Crippen LogP contribution >= 0.6 is 0 Å². The summed E-state index contributed by atoms with van der Waals surface area (Å²) in [6.07, 6.45) is 3.70. The number of hydrogen-bond acceptors (Lipinski definition) is 2. The predicted octanol–water partition coefficient (Wildman–Crippen LogP) is 3.60. The van der Waals surface area contributed by atoms with Crippen LogP contribution in [-0.2, 0) is 0 Å². The first-order valence-corrected chi connectivity index (χ1v) is 5.57. The molecular formula is C14H24N2. The maximum Gasteiger partial charge on any atom is 0.0335 e. The third kappa shape index (κ3) is 5.44. The summed E-state index contributed by atoms with van der Waals surface area (Å²) in [5.41, 5.74) is 11.0. The number of allylic oxidation sites excluding steroid dienone is 5. The zero-order valence-corrected chi connectivity index (χ0v) is 11.0. The lowest BCUT2D eigenvalue weighted by atomic mass is 10.1. The van der Waals surface area contributed by atoms with E-state index in [0.29, 0.717) is 0 Å². The van der Waals surface area contributed by atoms with Gasteiger partial charge in [0.25, 0.3) is 0 Å². The molecule has 0 aromatic carbocycles. The standard InChI is InChI=1S/C14H24N2/c1-7-11(4)13(6)16-12(5)8-9-14(15)10(2)3/h7,16H,5-6,8-9,15H2,1-4H3/b11-7+. The Labute approximate surface area is 99.6 Å². The molecule has 0 heterocycles. The van der Waals surface area contributed by atoms with E-state index in [1.54, 1.807) is 0 Å². The zero-order valence-electron chi connectivity index (χ0n) is 11.0. The van der Waals surface area contributed by atoms with Crippen molar-refractivity contribution in [3.8, 4) is 0 Å². The Bertz CT molecular complexity index is 329. The quantitative estimate of drug-likeness (QED) is 0.671. The highest BCUT2D eigenvalue weighted by molar-refractivity contribution is 5.26. The monoisotopic (exact) mass is 220 g/mol. The SMILES string of the molecule is C=C(CCC(N)=C(C)C)NC(=C)/C(C)=C/C. The van der Waals surface area contributed by atoms with E-state index in [4.69, 9.17) is 5.73 Å². The molecule has 0 aliphatic rings. The summed E-state index contributed by atoms with van der Waals surface area (Å²) in [5, 5.41) is 3.19. The second-order valence-corrected chi connectivity index (χ2v) is 4.20. The first-order chi connectivity index (χ1) is 7.38. The molecule has 0 rings (SSSR count). The summed E-state index contributed by atoms with van der Waals surface area (Å²) >= 11 is 0.